The minimum Gasteiger partial charge on any atom is -0.301 e. The molecule has 1 aliphatic heterocycles. The van der Waals surface area contributed by atoms with Gasteiger partial charge in [0.15, 0.2) is 0 Å². The number of rotatable bonds is 2. The van der Waals surface area contributed by atoms with Gasteiger partial charge in [-0.2, -0.15) is 0 Å². The van der Waals surface area contributed by atoms with E-state index in [0.717, 1.165) is 6.04 Å². The van der Waals surface area contributed by atoms with Crippen LogP contribution in [0, 0.1) is 5.41 Å². The quantitative estimate of drug-likeness (QED) is 0.614. The van der Waals surface area contributed by atoms with Gasteiger partial charge in [-0.25, -0.2) is 0 Å². The molecule has 1 aliphatic rings. The van der Waals surface area contributed by atoms with Crippen LogP contribution in [0.25, 0.3) is 0 Å². The first-order chi connectivity index (χ1) is 5.53. The smallest absolute Gasteiger partial charge is 0.0101 e. The molecule has 0 amide bonds. The third-order valence-electron chi connectivity index (χ3n) is 2.75. The zero-order valence-corrected chi connectivity index (χ0v) is 9.06. The van der Waals surface area contributed by atoms with Crippen LogP contribution >= 0.6 is 0 Å². The molecule has 72 valence electrons. The molecule has 0 spiro atoms. The first kappa shape index (κ1) is 10.0. The average Bonchev–Trinajstić information content (AvgIpc) is 2.31. The molecule has 0 unspecified atom stereocenters. The van der Waals surface area contributed by atoms with Gasteiger partial charge in [0, 0.05) is 6.04 Å². The van der Waals surface area contributed by atoms with E-state index in [2.05, 4.69) is 32.6 Å². The molecule has 0 aromatic rings. The highest BCUT2D eigenvalue weighted by Crippen LogP contribution is 2.29. The molecule has 1 fully saturated rings. The monoisotopic (exact) mass is 169 g/mol. The van der Waals surface area contributed by atoms with E-state index in [0.29, 0.717) is 5.41 Å². The Kier molecular flexibility index (Phi) is 3.16. The summed E-state index contributed by atoms with van der Waals surface area (Å²) in [6.07, 6.45) is 4.19. The lowest BCUT2D eigenvalue weighted by Gasteiger charge is -2.29. The van der Waals surface area contributed by atoms with Gasteiger partial charge < -0.3 is 4.90 Å². The van der Waals surface area contributed by atoms with Crippen molar-refractivity contribution < 1.29 is 0 Å². The van der Waals surface area contributed by atoms with E-state index in [1.54, 1.807) is 0 Å². The fourth-order valence-electron chi connectivity index (χ4n) is 2.25. The van der Waals surface area contributed by atoms with Crippen LogP contribution in [-0.2, 0) is 0 Å². The second-order valence-corrected chi connectivity index (χ2v) is 5.19. The largest absolute Gasteiger partial charge is 0.301 e. The molecular formula is C11H23N. The van der Waals surface area contributed by atoms with Crippen LogP contribution in [-0.4, -0.2) is 24.0 Å². The molecule has 12 heavy (non-hydrogen) atoms. The van der Waals surface area contributed by atoms with Gasteiger partial charge in [-0.3, -0.25) is 0 Å². The highest BCUT2D eigenvalue weighted by atomic mass is 15.2. The van der Waals surface area contributed by atoms with Crippen molar-refractivity contribution in [1.29, 1.82) is 0 Å². The lowest BCUT2D eigenvalue weighted by atomic mass is 9.87. The molecule has 1 atom stereocenters. The van der Waals surface area contributed by atoms with Crippen LogP contribution in [0.4, 0.5) is 0 Å². The summed E-state index contributed by atoms with van der Waals surface area (Å²) >= 11 is 0. The number of hydrogen-bond donors (Lipinski definition) is 0. The SMILES string of the molecule is CCN1CCC[C@@H]1CC(C)(C)C. The summed E-state index contributed by atoms with van der Waals surface area (Å²) in [5.41, 5.74) is 0.502. The van der Waals surface area contributed by atoms with E-state index in [9.17, 15) is 0 Å². The molecule has 1 heteroatoms. The Morgan fingerprint density at radius 2 is 2.00 bits per heavy atom. The van der Waals surface area contributed by atoms with E-state index < -0.39 is 0 Å². The summed E-state index contributed by atoms with van der Waals surface area (Å²) in [6, 6.07) is 0.870. The number of hydrogen-bond acceptors (Lipinski definition) is 1. The first-order valence-corrected chi connectivity index (χ1v) is 5.27. The van der Waals surface area contributed by atoms with Gasteiger partial charge in [-0.1, -0.05) is 27.7 Å². The van der Waals surface area contributed by atoms with E-state index >= 15 is 0 Å². The third kappa shape index (κ3) is 2.78. The van der Waals surface area contributed by atoms with Crippen molar-refractivity contribution >= 4 is 0 Å². The summed E-state index contributed by atoms with van der Waals surface area (Å²) in [5, 5.41) is 0. The van der Waals surface area contributed by atoms with Gasteiger partial charge in [-0.15, -0.1) is 0 Å². The van der Waals surface area contributed by atoms with Crippen LogP contribution in [0.15, 0.2) is 0 Å². The van der Waals surface area contributed by atoms with Gasteiger partial charge in [0.05, 0.1) is 0 Å². The molecule has 1 nitrogen and oxygen atoms in total. The number of likely N-dealkylation sites (tertiary alicyclic amines) is 1. The van der Waals surface area contributed by atoms with Crippen LogP contribution in [0.5, 0.6) is 0 Å². The molecule has 0 saturated carbocycles. The molecule has 0 bridgehead atoms. The Morgan fingerprint density at radius 1 is 1.33 bits per heavy atom. The lowest BCUT2D eigenvalue weighted by Crippen LogP contribution is -2.32. The van der Waals surface area contributed by atoms with Crippen LogP contribution < -0.4 is 0 Å². The maximum atomic E-state index is 2.63. The molecular weight excluding hydrogens is 146 g/mol. The molecule has 0 aromatic heterocycles. The Hall–Kier alpha value is -0.0400. The minimum absolute atomic E-state index is 0.502. The van der Waals surface area contributed by atoms with Gasteiger partial charge in [0.1, 0.15) is 0 Å². The molecule has 1 rings (SSSR count). The molecule has 0 aromatic carbocycles. The second-order valence-electron chi connectivity index (χ2n) is 5.19. The van der Waals surface area contributed by atoms with Gasteiger partial charge >= 0.3 is 0 Å². The first-order valence-electron chi connectivity index (χ1n) is 5.27. The highest BCUT2D eigenvalue weighted by molar-refractivity contribution is 4.82. The molecule has 1 saturated heterocycles. The summed E-state index contributed by atoms with van der Waals surface area (Å²) in [5.74, 6) is 0. The topological polar surface area (TPSA) is 3.24 Å². The van der Waals surface area contributed by atoms with E-state index in [1.165, 1.54) is 32.4 Å². The van der Waals surface area contributed by atoms with Crippen molar-refractivity contribution in [3.63, 3.8) is 0 Å². The van der Waals surface area contributed by atoms with Crippen LogP contribution in [0.1, 0.15) is 47.0 Å². The minimum atomic E-state index is 0.502. The zero-order chi connectivity index (χ0) is 9.19. The molecule has 0 N–H and O–H groups in total. The van der Waals surface area contributed by atoms with Crippen molar-refractivity contribution in [3.05, 3.63) is 0 Å². The van der Waals surface area contributed by atoms with Gasteiger partial charge in [0.25, 0.3) is 0 Å². The van der Waals surface area contributed by atoms with Crippen molar-refractivity contribution in [3.8, 4) is 0 Å². The van der Waals surface area contributed by atoms with Crippen molar-refractivity contribution in [2.75, 3.05) is 13.1 Å². The van der Waals surface area contributed by atoms with Crippen molar-refractivity contribution in [2.45, 2.75) is 53.0 Å². The summed E-state index contributed by atoms with van der Waals surface area (Å²) in [6.45, 7) is 11.9. The Labute approximate surface area is 77.1 Å². The van der Waals surface area contributed by atoms with Crippen LogP contribution in [0.2, 0.25) is 0 Å². The maximum Gasteiger partial charge on any atom is 0.0101 e. The Bertz CT molecular complexity index is 134. The molecule has 1 heterocycles. The zero-order valence-electron chi connectivity index (χ0n) is 9.06. The fraction of sp³-hybridized carbons (Fsp3) is 1.00. The summed E-state index contributed by atoms with van der Waals surface area (Å²) in [4.78, 5) is 2.63. The van der Waals surface area contributed by atoms with Crippen molar-refractivity contribution in [1.82, 2.24) is 4.90 Å². The fourth-order valence-corrected chi connectivity index (χ4v) is 2.25. The summed E-state index contributed by atoms with van der Waals surface area (Å²) in [7, 11) is 0. The Morgan fingerprint density at radius 3 is 2.50 bits per heavy atom. The van der Waals surface area contributed by atoms with E-state index in [1.807, 2.05) is 0 Å². The number of nitrogens with zero attached hydrogens (tertiary/aromatic N) is 1. The summed E-state index contributed by atoms with van der Waals surface area (Å²) < 4.78 is 0. The Balaban J connectivity index is 2.41. The van der Waals surface area contributed by atoms with Gasteiger partial charge in [0.2, 0.25) is 0 Å². The van der Waals surface area contributed by atoms with Gasteiger partial charge in [-0.05, 0) is 37.8 Å². The predicted molar refractivity (Wildman–Crippen MR) is 54.3 cm³/mol. The highest BCUT2D eigenvalue weighted by Gasteiger charge is 2.26. The maximum absolute atomic E-state index is 2.63. The third-order valence-corrected chi connectivity index (χ3v) is 2.75. The second kappa shape index (κ2) is 3.78. The normalized spacial score (nSPS) is 26.5. The van der Waals surface area contributed by atoms with E-state index in [4.69, 9.17) is 0 Å². The molecule has 0 radical (unpaired) electrons. The standard InChI is InChI=1S/C11H23N/c1-5-12-8-6-7-10(12)9-11(2,3)4/h10H,5-9H2,1-4H3/t10-/m1/s1. The van der Waals surface area contributed by atoms with Crippen LogP contribution in [0.3, 0.4) is 0 Å². The van der Waals surface area contributed by atoms with Crippen molar-refractivity contribution in [2.24, 2.45) is 5.41 Å². The average molecular weight is 169 g/mol. The molecule has 0 aliphatic carbocycles. The lowest BCUT2D eigenvalue weighted by molar-refractivity contribution is 0.199. The predicted octanol–water partition coefficient (Wildman–Crippen LogP) is 2.91. The van der Waals surface area contributed by atoms with E-state index in [-0.39, 0.29) is 0 Å².